The molecule has 68 valence electrons. The number of carbonyl (C=O) groups is 1. The summed E-state index contributed by atoms with van der Waals surface area (Å²) in [7, 11) is 0. The van der Waals surface area contributed by atoms with Gasteiger partial charge < -0.3 is 10.1 Å². The molecular formula is C10H11NO2. The van der Waals surface area contributed by atoms with E-state index in [0.717, 1.165) is 12.3 Å². The molecule has 1 saturated heterocycles. The summed E-state index contributed by atoms with van der Waals surface area (Å²) >= 11 is 0. The van der Waals surface area contributed by atoms with Crippen LogP contribution in [0.5, 0.6) is 0 Å². The van der Waals surface area contributed by atoms with Crippen LogP contribution in [0.1, 0.15) is 18.6 Å². The van der Waals surface area contributed by atoms with Crippen LogP contribution in [0.3, 0.4) is 0 Å². The molecule has 1 unspecified atom stereocenters. The van der Waals surface area contributed by atoms with E-state index < -0.39 is 0 Å². The van der Waals surface area contributed by atoms with E-state index in [1.54, 1.807) is 0 Å². The summed E-state index contributed by atoms with van der Waals surface area (Å²) in [6.45, 7) is 2.32. The van der Waals surface area contributed by atoms with Gasteiger partial charge in [-0.25, -0.2) is 0 Å². The van der Waals surface area contributed by atoms with Crippen LogP contribution < -0.4 is 5.32 Å². The Morgan fingerprint density at radius 1 is 1.46 bits per heavy atom. The molecule has 1 aromatic carbocycles. The van der Waals surface area contributed by atoms with E-state index in [1.807, 2.05) is 24.3 Å². The van der Waals surface area contributed by atoms with Crippen molar-refractivity contribution in [2.75, 3.05) is 11.9 Å². The molecule has 0 bridgehead atoms. The van der Waals surface area contributed by atoms with Crippen molar-refractivity contribution in [3.05, 3.63) is 29.8 Å². The Balaban J connectivity index is 2.08. The van der Waals surface area contributed by atoms with Gasteiger partial charge in [0.15, 0.2) is 0 Å². The van der Waals surface area contributed by atoms with Crippen molar-refractivity contribution >= 4 is 11.6 Å². The van der Waals surface area contributed by atoms with E-state index in [4.69, 9.17) is 4.74 Å². The summed E-state index contributed by atoms with van der Waals surface area (Å²) in [6, 6.07) is 7.72. The maximum atomic E-state index is 10.7. The summed E-state index contributed by atoms with van der Waals surface area (Å²) in [5, 5.41) is 2.71. The molecule has 13 heavy (non-hydrogen) atoms. The quantitative estimate of drug-likeness (QED) is 0.699. The molecule has 3 heteroatoms. The number of hydrogen-bond donors (Lipinski definition) is 1. The Labute approximate surface area is 76.7 Å². The fourth-order valence-corrected chi connectivity index (χ4v) is 1.22. The van der Waals surface area contributed by atoms with E-state index in [2.05, 4.69) is 5.32 Å². The molecule has 0 aliphatic carbocycles. The first-order valence-corrected chi connectivity index (χ1v) is 4.25. The smallest absolute Gasteiger partial charge is 0.221 e. The van der Waals surface area contributed by atoms with Gasteiger partial charge in [0.2, 0.25) is 5.91 Å². The summed E-state index contributed by atoms with van der Waals surface area (Å²) in [6.07, 6.45) is 0.284. The largest absolute Gasteiger partial charge is 0.368 e. The molecule has 1 N–H and O–H groups in total. The van der Waals surface area contributed by atoms with Gasteiger partial charge in [-0.1, -0.05) is 12.1 Å². The van der Waals surface area contributed by atoms with Crippen LogP contribution in [0.15, 0.2) is 24.3 Å². The number of hydrogen-bond acceptors (Lipinski definition) is 2. The zero-order chi connectivity index (χ0) is 9.26. The van der Waals surface area contributed by atoms with Crippen molar-refractivity contribution in [2.24, 2.45) is 0 Å². The molecule has 1 amide bonds. The lowest BCUT2D eigenvalue weighted by Gasteiger charge is -2.01. The van der Waals surface area contributed by atoms with Crippen molar-refractivity contribution < 1.29 is 9.53 Å². The van der Waals surface area contributed by atoms with Gasteiger partial charge in [-0.15, -0.1) is 0 Å². The van der Waals surface area contributed by atoms with Gasteiger partial charge >= 0.3 is 0 Å². The molecule has 0 spiro atoms. The minimum atomic E-state index is -0.0459. The Bertz CT molecular complexity index is 314. The Morgan fingerprint density at radius 2 is 2.08 bits per heavy atom. The fraction of sp³-hybridized carbons (Fsp3) is 0.300. The molecule has 0 radical (unpaired) electrons. The first-order chi connectivity index (χ1) is 6.25. The molecule has 2 rings (SSSR count). The number of carbonyl (C=O) groups excluding carboxylic acids is 1. The predicted octanol–water partition coefficient (Wildman–Crippen LogP) is 1.72. The first kappa shape index (κ1) is 8.26. The highest BCUT2D eigenvalue weighted by Gasteiger charge is 2.24. The number of amides is 1. The van der Waals surface area contributed by atoms with Crippen LogP contribution in [-0.4, -0.2) is 12.5 Å². The average Bonchev–Trinajstić information content (AvgIpc) is 2.87. The maximum absolute atomic E-state index is 10.7. The molecule has 1 heterocycles. The Morgan fingerprint density at radius 3 is 2.54 bits per heavy atom. The topological polar surface area (TPSA) is 41.6 Å². The number of ether oxygens (including phenoxy) is 1. The SMILES string of the molecule is CC(=O)Nc1ccc(C2CO2)cc1. The molecule has 1 aliphatic heterocycles. The van der Waals surface area contributed by atoms with Crippen LogP contribution in [0.4, 0.5) is 5.69 Å². The number of benzene rings is 1. The first-order valence-electron chi connectivity index (χ1n) is 4.25. The lowest BCUT2D eigenvalue weighted by molar-refractivity contribution is -0.114. The van der Waals surface area contributed by atoms with Crippen molar-refractivity contribution in [1.82, 2.24) is 0 Å². The van der Waals surface area contributed by atoms with Gasteiger partial charge in [0.05, 0.1) is 6.61 Å². The van der Waals surface area contributed by atoms with Gasteiger partial charge in [-0.05, 0) is 17.7 Å². The van der Waals surface area contributed by atoms with Gasteiger partial charge in [0.1, 0.15) is 6.10 Å². The second-order valence-electron chi connectivity index (χ2n) is 3.13. The third-order valence-electron chi connectivity index (χ3n) is 1.94. The Kier molecular flexibility index (Phi) is 2.02. The van der Waals surface area contributed by atoms with Gasteiger partial charge in [-0.3, -0.25) is 4.79 Å². The van der Waals surface area contributed by atoms with E-state index in [0.29, 0.717) is 0 Å². The van der Waals surface area contributed by atoms with Gasteiger partial charge in [0.25, 0.3) is 0 Å². The molecule has 3 nitrogen and oxygen atoms in total. The van der Waals surface area contributed by atoms with E-state index in [-0.39, 0.29) is 12.0 Å². The molecule has 1 fully saturated rings. The number of anilines is 1. The molecule has 0 saturated carbocycles. The van der Waals surface area contributed by atoms with E-state index in [1.165, 1.54) is 12.5 Å². The summed E-state index contributed by atoms with van der Waals surface area (Å²) < 4.78 is 5.13. The van der Waals surface area contributed by atoms with Crippen LogP contribution in [0.2, 0.25) is 0 Å². The molecule has 0 aromatic heterocycles. The summed E-state index contributed by atoms with van der Waals surface area (Å²) in [5.74, 6) is -0.0459. The van der Waals surface area contributed by atoms with Crippen LogP contribution in [-0.2, 0) is 9.53 Å². The highest BCUT2D eigenvalue weighted by molar-refractivity contribution is 5.88. The zero-order valence-corrected chi connectivity index (χ0v) is 7.41. The molecule has 1 aliphatic rings. The summed E-state index contributed by atoms with van der Waals surface area (Å²) in [5.41, 5.74) is 2.01. The minimum Gasteiger partial charge on any atom is -0.368 e. The number of rotatable bonds is 2. The second-order valence-corrected chi connectivity index (χ2v) is 3.13. The second kappa shape index (κ2) is 3.18. The van der Waals surface area contributed by atoms with E-state index in [9.17, 15) is 4.79 Å². The maximum Gasteiger partial charge on any atom is 0.221 e. The number of nitrogens with one attached hydrogen (secondary N) is 1. The minimum absolute atomic E-state index is 0.0459. The fourth-order valence-electron chi connectivity index (χ4n) is 1.22. The highest BCUT2D eigenvalue weighted by Crippen LogP contribution is 2.30. The molecule has 1 atom stereocenters. The van der Waals surface area contributed by atoms with Crippen molar-refractivity contribution in [1.29, 1.82) is 0 Å². The zero-order valence-electron chi connectivity index (χ0n) is 7.41. The van der Waals surface area contributed by atoms with Crippen LogP contribution in [0.25, 0.3) is 0 Å². The monoisotopic (exact) mass is 177 g/mol. The van der Waals surface area contributed by atoms with Crippen molar-refractivity contribution in [2.45, 2.75) is 13.0 Å². The third-order valence-corrected chi connectivity index (χ3v) is 1.94. The molecular weight excluding hydrogens is 166 g/mol. The standard InChI is InChI=1S/C10H11NO2/c1-7(12)11-9-4-2-8(3-5-9)10-6-13-10/h2-5,10H,6H2,1H3,(H,11,12). The van der Waals surface area contributed by atoms with E-state index >= 15 is 0 Å². The lowest BCUT2D eigenvalue weighted by Crippen LogP contribution is -2.05. The highest BCUT2D eigenvalue weighted by atomic mass is 16.6. The average molecular weight is 177 g/mol. The third kappa shape index (κ3) is 2.06. The normalized spacial score (nSPS) is 19.6. The molecule has 1 aromatic rings. The number of epoxide rings is 1. The van der Waals surface area contributed by atoms with Gasteiger partial charge in [0, 0.05) is 12.6 Å². The van der Waals surface area contributed by atoms with Gasteiger partial charge in [-0.2, -0.15) is 0 Å². The van der Waals surface area contributed by atoms with Crippen molar-refractivity contribution in [3.8, 4) is 0 Å². The lowest BCUT2D eigenvalue weighted by atomic mass is 10.1. The Hall–Kier alpha value is -1.35. The van der Waals surface area contributed by atoms with Crippen molar-refractivity contribution in [3.63, 3.8) is 0 Å². The van der Waals surface area contributed by atoms with Crippen LogP contribution >= 0.6 is 0 Å². The summed E-state index contributed by atoms with van der Waals surface area (Å²) in [4.78, 5) is 10.7. The van der Waals surface area contributed by atoms with Crippen LogP contribution in [0, 0.1) is 0 Å². The predicted molar refractivity (Wildman–Crippen MR) is 49.4 cm³/mol.